The second-order valence-corrected chi connectivity index (χ2v) is 9.89. The Kier molecular flexibility index (Phi) is 7.51. The third-order valence-electron chi connectivity index (χ3n) is 7.14. The van der Waals surface area contributed by atoms with Gasteiger partial charge in [-0.25, -0.2) is 0 Å². The number of amides is 1. The number of carbonyl (C=O) groups is 1. The summed E-state index contributed by atoms with van der Waals surface area (Å²) in [6.45, 7) is 6.79. The number of para-hydroxylation sites is 1. The Hall–Kier alpha value is -4.04. The van der Waals surface area contributed by atoms with Gasteiger partial charge in [0.25, 0.3) is 0 Å². The Bertz CT molecular complexity index is 1440. The van der Waals surface area contributed by atoms with Gasteiger partial charge in [0.05, 0.1) is 29.7 Å². The fourth-order valence-electron chi connectivity index (χ4n) is 5.34. The number of hydrogen-bond acceptors (Lipinski definition) is 4. The van der Waals surface area contributed by atoms with Crippen molar-refractivity contribution >= 4 is 28.9 Å². The zero-order chi connectivity index (χ0) is 26.6. The molecule has 7 nitrogen and oxygen atoms in total. The molecule has 0 saturated carbocycles. The van der Waals surface area contributed by atoms with E-state index in [4.69, 9.17) is 12.2 Å². The maximum Gasteiger partial charge on any atom is 0.226 e. The monoisotopic (exact) mass is 524 g/mol. The normalized spacial score (nSPS) is 16.9. The minimum atomic E-state index is -0.143. The Morgan fingerprint density at radius 2 is 1.89 bits per heavy atom. The predicted octanol–water partition coefficient (Wildman–Crippen LogP) is 5.45. The summed E-state index contributed by atoms with van der Waals surface area (Å²) in [5, 5.41) is 7.21. The number of hydrogen-bond donors (Lipinski definition) is 2. The Labute approximate surface area is 228 Å². The van der Waals surface area contributed by atoms with E-state index in [1.807, 2.05) is 54.7 Å². The highest BCUT2D eigenvalue weighted by Crippen LogP contribution is 2.41. The molecular formula is C30H32N6OS. The van der Waals surface area contributed by atoms with Crippen LogP contribution in [0.3, 0.4) is 0 Å². The lowest BCUT2D eigenvalue weighted by atomic mass is 9.96. The van der Waals surface area contributed by atoms with E-state index in [1.54, 1.807) is 12.4 Å². The number of nitrogens with one attached hydrogen (secondary N) is 2. The Balaban J connectivity index is 1.45. The highest BCUT2D eigenvalue weighted by atomic mass is 32.1. The Morgan fingerprint density at radius 1 is 1.08 bits per heavy atom. The number of thiocarbonyl (C=S) groups is 1. The molecule has 3 aromatic heterocycles. The summed E-state index contributed by atoms with van der Waals surface area (Å²) in [6, 6.07) is 19.8. The first kappa shape index (κ1) is 25.6. The molecule has 4 heterocycles. The molecule has 0 radical (unpaired) electrons. The zero-order valence-corrected chi connectivity index (χ0v) is 22.7. The molecule has 5 rings (SSSR count). The fraction of sp³-hybridized carbons (Fsp3) is 0.267. The van der Waals surface area contributed by atoms with Crippen LogP contribution < -0.4 is 10.6 Å². The third-order valence-corrected chi connectivity index (χ3v) is 7.50. The van der Waals surface area contributed by atoms with Crippen LogP contribution in [-0.2, 0) is 11.2 Å². The first-order valence-corrected chi connectivity index (χ1v) is 13.3. The van der Waals surface area contributed by atoms with Crippen LogP contribution in [-0.4, -0.2) is 37.0 Å². The van der Waals surface area contributed by atoms with Crippen LogP contribution in [0.1, 0.15) is 53.6 Å². The molecular weight excluding hydrogens is 492 g/mol. The average Bonchev–Trinajstić information content (AvgIpc) is 3.42. The number of anilines is 1. The molecule has 38 heavy (non-hydrogen) atoms. The van der Waals surface area contributed by atoms with E-state index in [0.717, 1.165) is 46.0 Å². The zero-order valence-electron chi connectivity index (χ0n) is 21.9. The van der Waals surface area contributed by atoms with Crippen molar-refractivity contribution in [2.24, 2.45) is 0 Å². The van der Waals surface area contributed by atoms with Gasteiger partial charge >= 0.3 is 0 Å². The minimum absolute atomic E-state index is 0.0328. The summed E-state index contributed by atoms with van der Waals surface area (Å²) in [5.41, 5.74) is 7.27. The summed E-state index contributed by atoms with van der Waals surface area (Å²) in [7, 11) is 0. The highest BCUT2D eigenvalue weighted by molar-refractivity contribution is 7.80. The quantitative estimate of drug-likeness (QED) is 0.299. The topological polar surface area (TPSA) is 75.1 Å². The molecule has 1 aliphatic rings. The number of aromatic nitrogens is 3. The molecule has 1 aromatic carbocycles. The molecule has 2 N–H and O–H groups in total. The largest absolute Gasteiger partial charge is 0.352 e. The molecule has 0 spiro atoms. The van der Waals surface area contributed by atoms with E-state index in [1.165, 1.54) is 0 Å². The maximum absolute atomic E-state index is 13.0. The summed E-state index contributed by atoms with van der Waals surface area (Å²) < 4.78 is 2.21. The molecule has 1 amide bonds. The van der Waals surface area contributed by atoms with Crippen LogP contribution in [0.15, 0.2) is 79.3 Å². The second kappa shape index (κ2) is 11.1. The summed E-state index contributed by atoms with van der Waals surface area (Å²) in [6.07, 6.45) is 6.62. The summed E-state index contributed by atoms with van der Waals surface area (Å²) in [5.74, 6) is -0.0328. The lowest BCUT2D eigenvalue weighted by molar-refractivity contribution is -0.116. The highest BCUT2D eigenvalue weighted by Gasteiger charge is 2.41. The van der Waals surface area contributed by atoms with Gasteiger partial charge in [-0.1, -0.05) is 31.2 Å². The van der Waals surface area contributed by atoms with Crippen LogP contribution in [0.2, 0.25) is 0 Å². The summed E-state index contributed by atoms with van der Waals surface area (Å²) >= 11 is 5.83. The molecule has 1 aliphatic heterocycles. The van der Waals surface area contributed by atoms with Gasteiger partial charge in [-0.3, -0.25) is 14.8 Å². The lowest BCUT2D eigenvalue weighted by Crippen LogP contribution is -2.33. The maximum atomic E-state index is 13.0. The SMILES string of the molecule is CCc1ccccc1NC(=O)CCN1C(=S)N[C@H](c2ccccn2)[C@@H]1c1cc(C)n(-c2cccnc2)c1C. The first-order valence-electron chi connectivity index (χ1n) is 12.9. The van der Waals surface area contributed by atoms with Crippen molar-refractivity contribution in [3.63, 3.8) is 0 Å². The van der Waals surface area contributed by atoms with Crippen molar-refractivity contribution < 1.29 is 4.79 Å². The number of pyridine rings is 2. The predicted molar refractivity (Wildman–Crippen MR) is 154 cm³/mol. The van der Waals surface area contributed by atoms with Crippen molar-refractivity contribution in [1.29, 1.82) is 0 Å². The van der Waals surface area contributed by atoms with E-state index < -0.39 is 0 Å². The van der Waals surface area contributed by atoms with Crippen molar-refractivity contribution in [1.82, 2.24) is 24.8 Å². The van der Waals surface area contributed by atoms with Crippen LogP contribution in [0.25, 0.3) is 5.69 Å². The first-order chi connectivity index (χ1) is 18.5. The van der Waals surface area contributed by atoms with Gasteiger partial charge in [0, 0.05) is 42.4 Å². The van der Waals surface area contributed by atoms with E-state index in [-0.39, 0.29) is 18.0 Å². The second-order valence-electron chi connectivity index (χ2n) is 9.50. The van der Waals surface area contributed by atoms with Crippen LogP contribution in [0, 0.1) is 13.8 Å². The number of aryl methyl sites for hydroxylation is 2. The molecule has 194 valence electrons. The van der Waals surface area contributed by atoms with E-state index in [0.29, 0.717) is 18.1 Å². The number of rotatable bonds is 8. The van der Waals surface area contributed by atoms with Crippen molar-refractivity contribution in [2.75, 3.05) is 11.9 Å². The van der Waals surface area contributed by atoms with Gasteiger partial charge in [-0.15, -0.1) is 0 Å². The number of nitrogens with zero attached hydrogens (tertiary/aromatic N) is 4. The average molecular weight is 525 g/mol. The van der Waals surface area contributed by atoms with Crippen molar-refractivity contribution in [3.05, 3.63) is 107 Å². The molecule has 8 heteroatoms. The third kappa shape index (κ3) is 5.04. The smallest absolute Gasteiger partial charge is 0.226 e. The van der Waals surface area contributed by atoms with Crippen molar-refractivity contribution in [2.45, 2.75) is 45.7 Å². The molecule has 0 unspecified atom stereocenters. The van der Waals surface area contributed by atoms with Crippen LogP contribution in [0.5, 0.6) is 0 Å². The van der Waals surface area contributed by atoms with E-state index in [2.05, 4.69) is 63.0 Å². The van der Waals surface area contributed by atoms with E-state index in [9.17, 15) is 4.79 Å². The van der Waals surface area contributed by atoms with Gasteiger partial charge < -0.3 is 20.1 Å². The minimum Gasteiger partial charge on any atom is -0.352 e. The van der Waals surface area contributed by atoms with Crippen LogP contribution in [0.4, 0.5) is 5.69 Å². The lowest BCUT2D eigenvalue weighted by Gasteiger charge is -2.28. The number of benzene rings is 1. The molecule has 1 saturated heterocycles. The summed E-state index contributed by atoms with van der Waals surface area (Å²) in [4.78, 5) is 24.1. The van der Waals surface area contributed by atoms with E-state index >= 15 is 0 Å². The molecule has 1 fully saturated rings. The molecule has 4 aromatic rings. The van der Waals surface area contributed by atoms with Crippen molar-refractivity contribution in [3.8, 4) is 5.69 Å². The van der Waals surface area contributed by atoms with Gasteiger partial charge in [0.15, 0.2) is 5.11 Å². The molecule has 0 bridgehead atoms. The standard InChI is InChI=1S/C30H32N6OS/c1-4-22-10-5-6-12-25(22)33-27(37)14-17-35-29(28(34-30(35)38)26-13-7-8-16-32-26)24-18-20(2)36(21(24)3)23-11-9-15-31-19-23/h5-13,15-16,18-19,28-29H,4,14,17H2,1-3H3,(H,33,37)(H,34,38)/t28-,29+/m1/s1. The van der Waals surface area contributed by atoms with Crippen LogP contribution >= 0.6 is 12.2 Å². The molecule has 2 atom stereocenters. The fourth-order valence-corrected chi connectivity index (χ4v) is 5.67. The van der Waals surface area contributed by atoms with Gasteiger partial charge in [0.2, 0.25) is 5.91 Å². The van der Waals surface area contributed by atoms with Gasteiger partial charge in [-0.2, -0.15) is 0 Å². The Morgan fingerprint density at radius 3 is 2.63 bits per heavy atom. The van der Waals surface area contributed by atoms with Gasteiger partial charge in [-0.05, 0) is 80.0 Å². The molecule has 0 aliphatic carbocycles. The van der Waals surface area contributed by atoms with Gasteiger partial charge in [0.1, 0.15) is 0 Å². The number of carbonyl (C=O) groups excluding carboxylic acids is 1.